The molecule has 0 N–H and O–H groups in total. The van der Waals surface area contributed by atoms with Crippen molar-refractivity contribution in [3.63, 3.8) is 0 Å². The zero-order chi connectivity index (χ0) is 17.6. The third kappa shape index (κ3) is 4.79. The monoisotopic (exact) mass is 348 g/mol. The zero-order valence-corrected chi connectivity index (χ0v) is 14.1. The summed E-state index contributed by atoms with van der Waals surface area (Å²) >= 11 is 0. The van der Waals surface area contributed by atoms with Crippen LogP contribution in [0.4, 0.5) is 4.39 Å². The van der Waals surface area contributed by atoms with E-state index in [0.29, 0.717) is 12.3 Å². The molecule has 1 amide bonds. The third-order valence-corrected chi connectivity index (χ3v) is 4.04. The molecule has 3 rings (SSSR count). The summed E-state index contributed by atoms with van der Waals surface area (Å²) in [7, 11) is 1.73. The Morgan fingerprint density at radius 2 is 2.16 bits per heavy atom. The number of amides is 1. The summed E-state index contributed by atoms with van der Waals surface area (Å²) < 4.78 is 29.2. The minimum absolute atomic E-state index is 0.0639. The fourth-order valence-electron chi connectivity index (χ4n) is 2.69. The lowest BCUT2D eigenvalue weighted by Gasteiger charge is -2.26. The Balaban J connectivity index is 1.52. The van der Waals surface area contributed by atoms with Crippen LogP contribution in [0.15, 0.2) is 34.9 Å². The highest BCUT2D eigenvalue weighted by molar-refractivity contribution is 5.91. The molecule has 1 aliphatic heterocycles. The van der Waals surface area contributed by atoms with Gasteiger partial charge in [0.05, 0.1) is 6.10 Å². The Labute approximate surface area is 145 Å². The predicted molar refractivity (Wildman–Crippen MR) is 87.8 cm³/mol. The zero-order valence-electron chi connectivity index (χ0n) is 14.1. The first kappa shape index (κ1) is 17.4. The van der Waals surface area contributed by atoms with Gasteiger partial charge in [0, 0.05) is 20.2 Å². The normalized spacial score (nSPS) is 17.3. The van der Waals surface area contributed by atoms with E-state index < -0.39 is 0 Å². The van der Waals surface area contributed by atoms with Crippen LogP contribution in [0, 0.1) is 5.82 Å². The van der Waals surface area contributed by atoms with Crippen molar-refractivity contribution in [2.24, 2.45) is 0 Å². The average molecular weight is 348 g/mol. The van der Waals surface area contributed by atoms with Gasteiger partial charge < -0.3 is 18.8 Å². The van der Waals surface area contributed by atoms with E-state index in [9.17, 15) is 9.18 Å². The van der Waals surface area contributed by atoms with Crippen LogP contribution in [-0.2, 0) is 11.3 Å². The first-order valence-electron chi connectivity index (χ1n) is 8.31. The number of hydrogen-bond acceptors (Lipinski definition) is 5. The molecule has 0 aliphatic carbocycles. The van der Waals surface area contributed by atoms with Gasteiger partial charge in [-0.2, -0.15) is 0 Å². The van der Waals surface area contributed by atoms with Crippen LogP contribution >= 0.6 is 0 Å². The maximum Gasteiger partial charge on any atom is 0.275 e. The summed E-state index contributed by atoms with van der Waals surface area (Å²) in [6.45, 7) is 1.35. The molecule has 2 aromatic rings. The molecule has 1 fully saturated rings. The molecule has 1 aromatic heterocycles. The molecule has 0 saturated carbocycles. The Bertz CT molecular complexity index is 695. The molecule has 0 unspecified atom stereocenters. The van der Waals surface area contributed by atoms with E-state index in [1.807, 2.05) is 0 Å². The second-order valence-electron chi connectivity index (χ2n) is 6.04. The predicted octanol–water partition coefficient (Wildman–Crippen LogP) is 3.03. The van der Waals surface area contributed by atoms with Crippen molar-refractivity contribution in [1.29, 1.82) is 0 Å². The van der Waals surface area contributed by atoms with E-state index >= 15 is 0 Å². The Morgan fingerprint density at radius 1 is 1.36 bits per heavy atom. The molecule has 0 spiro atoms. The summed E-state index contributed by atoms with van der Waals surface area (Å²) in [6.07, 6.45) is 4.57. The molecule has 6 nitrogen and oxygen atoms in total. The number of ether oxygens (including phenoxy) is 2. The first-order chi connectivity index (χ1) is 12.1. The molecule has 25 heavy (non-hydrogen) atoms. The smallest absolute Gasteiger partial charge is 0.275 e. The lowest BCUT2D eigenvalue weighted by atomic mass is 10.1. The summed E-state index contributed by atoms with van der Waals surface area (Å²) in [4.78, 5) is 18.2. The van der Waals surface area contributed by atoms with Crippen LogP contribution in [-0.4, -0.2) is 42.1 Å². The number of carbonyl (C=O) groups is 1. The van der Waals surface area contributed by atoms with Gasteiger partial charge >= 0.3 is 0 Å². The fraction of sp³-hybridized carbons (Fsp3) is 0.444. The van der Waals surface area contributed by atoms with Gasteiger partial charge in [-0.05, 0) is 43.5 Å². The average Bonchev–Trinajstić information content (AvgIpc) is 3.10. The number of carbonyl (C=O) groups excluding carboxylic acids is 1. The van der Waals surface area contributed by atoms with Gasteiger partial charge in [0.25, 0.3) is 5.91 Å². The number of nitrogens with zero attached hydrogens (tertiary/aromatic N) is 2. The van der Waals surface area contributed by atoms with Crippen molar-refractivity contribution in [3.8, 4) is 5.75 Å². The highest BCUT2D eigenvalue weighted by Crippen LogP contribution is 2.16. The van der Waals surface area contributed by atoms with Gasteiger partial charge in [-0.15, -0.1) is 0 Å². The van der Waals surface area contributed by atoms with Gasteiger partial charge in [0.2, 0.25) is 5.89 Å². The van der Waals surface area contributed by atoms with Crippen LogP contribution in [0.2, 0.25) is 0 Å². The third-order valence-electron chi connectivity index (χ3n) is 4.04. The second-order valence-corrected chi connectivity index (χ2v) is 6.04. The Hall–Kier alpha value is -2.41. The molecular weight excluding hydrogens is 327 g/mol. The highest BCUT2D eigenvalue weighted by atomic mass is 19.1. The molecule has 1 saturated heterocycles. The largest absolute Gasteiger partial charge is 0.484 e. The number of halogens is 1. The summed E-state index contributed by atoms with van der Waals surface area (Å²) in [5, 5.41) is 0. The van der Waals surface area contributed by atoms with Crippen LogP contribution < -0.4 is 4.74 Å². The van der Waals surface area contributed by atoms with Crippen LogP contribution in [0.5, 0.6) is 5.75 Å². The lowest BCUT2D eigenvalue weighted by Crippen LogP contribution is -2.37. The van der Waals surface area contributed by atoms with E-state index in [2.05, 4.69) is 4.98 Å². The van der Waals surface area contributed by atoms with Gasteiger partial charge in [0.1, 0.15) is 17.8 Å². The highest BCUT2D eigenvalue weighted by Gasteiger charge is 2.22. The number of oxazole rings is 1. The summed E-state index contributed by atoms with van der Waals surface area (Å²) in [5.74, 6) is 0.237. The molecule has 2 heterocycles. The molecule has 1 aliphatic rings. The van der Waals surface area contributed by atoms with Gasteiger partial charge in [-0.1, -0.05) is 0 Å². The molecule has 7 heteroatoms. The maximum atomic E-state index is 12.8. The molecule has 1 atom stereocenters. The van der Waals surface area contributed by atoms with Gasteiger partial charge in [-0.3, -0.25) is 4.79 Å². The van der Waals surface area contributed by atoms with Crippen molar-refractivity contribution < 1.29 is 23.1 Å². The number of rotatable bonds is 6. The van der Waals surface area contributed by atoms with Crippen molar-refractivity contribution in [2.45, 2.75) is 32.0 Å². The van der Waals surface area contributed by atoms with Crippen LogP contribution in [0.3, 0.4) is 0 Å². The Kier molecular flexibility index (Phi) is 5.65. The van der Waals surface area contributed by atoms with E-state index in [-0.39, 0.29) is 36.0 Å². The topological polar surface area (TPSA) is 64.8 Å². The van der Waals surface area contributed by atoms with Crippen molar-refractivity contribution in [1.82, 2.24) is 9.88 Å². The number of hydrogen-bond donors (Lipinski definition) is 0. The molecule has 0 radical (unpaired) electrons. The minimum atomic E-state index is -0.332. The van der Waals surface area contributed by atoms with Crippen LogP contribution in [0.1, 0.15) is 35.6 Å². The maximum absolute atomic E-state index is 12.8. The molecule has 134 valence electrons. The SMILES string of the molecule is CN(C[C@H]1CCCCO1)C(=O)c1coc(COc2ccc(F)cc2)n1. The standard InChI is InChI=1S/C18H21FN2O4/c1-21(10-15-4-2-3-9-23-15)18(22)16-11-25-17(20-16)12-24-14-7-5-13(19)6-8-14/h5-8,11,15H,2-4,9-10,12H2,1H3/t15-/m1/s1. The first-order valence-corrected chi connectivity index (χ1v) is 8.31. The van der Waals surface area contributed by atoms with E-state index in [4.69, 9.17) is 13.9 Å². The quantitative estimate of drug-likeness (QED) is 0.803. The lowest BCUT2D eigenvalue weighted by molar-refractivity contribution is -0.000293. The molecule has 0 bridgehead atoms. The summed E-state index contributed by atoms with van der Waals surface area (Å²) in [5.41, 5.74) is 0.232. The van der Waals surface area contributed by atoms with Gasteiger partial charge in [0.15, 0.2) is 12.3 Å². The number of aromatic nitrogens is 1. The number of benzene rings is 1. The van der Waals surface area contributed by atoms with Crippen molar-refractivity contribution in [2.75, 3.05) is 20.2 Å². The van der Waals surface area contributed by atoms with E-state index in [0.717, 1.165) is 25.9 Å². The second kappa shape index (κ2) is 8.11. The van der Waals surface area contributed by atoms with Crippen molar-refractivity contribution in [3.05, 3.63) is 47.9 Å². The number of likely N-dealkylation sites (N-methyl/N-ethyl adjacent to an activating group) is 1. The fourth-order valence-corrected chi connectivity index (χ4v) is 2.69. The molecule has 1 aromatic carbocycles. The summed E-state index contributed by atoms with van der Waals surface area (Å²) in [6, 6.07) is 5.65. The Morgan fingerprint density at radius 3 is 2.88 bits per heavy atom. The van der Waals surface area contributed by atoms with Crippen LogP contribution in [0.25, 0.3) is 0 Å². The molecular formula is C18H21FN2O4. The van der Waals surface area contributed by atoms with E-state index in [1.54, 1.807) is 11.9 Å². The minimum Gasteiger partial charge on any atom is -0.484 e. The van der Waals surface area contributed by atoms with Crippen molar-refractivity contribution >= 4 is 5.91 Å². The van der Waals surface area contributed by atoms with E-state index in [1.165, 1.54) is 30.5 Å². The van der Waals surface area contributed by atoms with Gasteiger partial charge in [-0.25, -0.2) is 9.37 Å².